The van der Waals surface area contributed by atoms with Crippen molar-refractivity contribution in [1.82, 2.24) is 0 Å². The predicted molar refractivity (Wildman–Crippen MR) is 87.9 cm³/mol. The molecular weight excluding hydrogens is 322 g/mol. The third-order valence-electron chi connectivity index (χ3n) is 3.71. The van der Waals surface area contributed by atoms with Gasteiger partial charge in [0, 0.05) is 29.5 Å². The summed E-state index contributed by atoms with van der Waals surface area (Å²) in [6.45, 7) is 3.33. The molecule has 0 aliphatic carbocycles. The maximum absolute atomic E-state index is 11.3. The number of hydrogen-bond acceptors (Lipinski definition) is 4. The van der Waals surface area contributed by atoms with E-state index in [1.807, 2.05) is 12.1 Å². The van der Waals surface area contributed by atoms with Gasteiger partial charge in [0.15, 0.2) is 0 Å². The molecule has 0 unspecified atom stereocenters. The second-order valence-corrected chi connectivity index (χ2v) is 7.67. The van der Waals surface area contributed by atoms with Gasteiger partial charge in [-0.05, 0) is 35.4 Å². The Balaban J connectivity index is 1.80. The van der Waals surface area contributed by atoms with Crippen LogP contribution in [-0.2, 0) is 13.8 Å². The van der Waals surface area contributed by atoms with Gasteiger partial charge in [0.1, 0.15) is 0 Å². The minimum absolute atomic E-state index is 0.114. The van der Waals surface area contributed by atoms with Crippen molar-refractivity contribution in [2.75, 3.05) is 31.2 Å². The molecule has 0 atom stereocenters. The maximum atomic E-state index is 11.3. The van der Waals surface area contributed by atoms with E-state index in [-0.39, 0.29) is 4.90 Å². The van der Waals surface area contributed by atoms with Gasteiger partial charge in [-0.2, -0.15) is 0 Å². The van der Waals surface area contributed by atoms with E-state index < -0.39 is 9.05 Å². The molecule has 0 radical (unpaired) electrons. The molecule has 116 valence electrons. The monoisotopic (exact) mass is 337 g/mol. The van der Waals surface area contributed by atoms with E-state index in [2.05, 4.69) is 17.0 Å². The third kappa shape index (κ3) is 3.43. The van der Waals surface area contributed by atoms with Crippen LogP contribution in [0, 0.1) is 0 Å². The number of morpholine rings is 1. The third-order valence-corrected chi connectivity index (χ3v) is 5.08. The minimum atomic E-state index is -3.67. The average molecular weight is 338 g/mol. The Hall–Kier alpha value is -1.56. The summed E-state index contributed by atoms with van der Waals surface area (Å²) < 4.78 is 27.9. The van der Waals surface area contributed by atoms with Gasteiger partial charge in [-0.25, -0.2) is 8.42 Å². The van der Waals surface area contributed by atoms with Crippen molar-refractivity contribution < 1.29 is 13.2 Å². The summed E-state index contributed by atoms with van der Waals surface area (Å²) in [4.78, 5) is 2.40. The summed E-state index contributed by atoms with van der Waals surface area (Å²) in [5, 5.41) is 0. The molecule has 2 aromatic carbocycles. The van der Waals surface area contributed by atoms with Crippen molar-refractivity contribution in [3.8, 4) is 11.1 Å². The number of benzene rings is 2. The second kappa shape index (κ2) is 6.28. The van der Waals surface area contributed by atoms with Crippen molar-refractivity contribution in [3.63, 3.8) is 0 Å². The highest BCUT2D eigenvalue weighted by Crippen LogP contribution is 2.25. The molecule has 0 bridgehead atoms. The highest BCUT2D eigenvalue weighted by Gasteiger charge is 2.12. The van der Waals surface area contributed by atoms with Gasteiger partial charge in [-0.15, -0.1) is 0 Å². The van der Waals surface area contributed by atoms with Gasteiger partial charge in [0.2, 0.25) is 0 Å². The first kappa shape index (κ1) is 15.3. The van der Waals surface area contributed by atoms with Gasteiger partial charge >= 0.3 is 0 Å². The fourth-order valence-electron chi connectivity index (χ4n) is 2.50. The van der Waals surface area contributed by atoms with E-state index in [0.29, 0.717) is 0 Å². The van der Waals surface area contributed by atoms with E-state index in [1.54, 1.807) is 12.1 Å². The van der Waals surface area contributed by atoms with Crippen molar-refractivity contribution in [1.29, 1.82) is 0 Å². The molecule has 2 aromatic rings. The Kier molecular flexibility index (Phi) is 4.38. The lowest BCUT2D eigenvalue weighted by Crippen LogP contribution is -2.36. The van der Waals surface area contributed by atoms with E-state index in [0.717, 1.165) is 37.4 Å². The number of hydrogen-bond donors (Lipinski definition) is 0. The van der Waals surface area contributed by atoms with Crippen LogP contribution in [0.4, 0.5) is 5.69 Å². The average Bonchev–Trinajstić information content (AvgIpc) is 2.55. The lowest BCUT2D eigenvalue weighted by atomic mass is 10.1. The normalized spacial score (nSPS) is 15.8. The lowest BCUT2D eigenvalue weighted by Gasteiger charge is -2.28. The standard InChI is InChI=1S/C16H16ClNO3S/c17-22(19,20)16-7-3-14(4-8-16)13-1-5-15(6-2-13)18-9-11-21-12-10-18/h1-8H,9-12H2. The Bertz CT molecular complexity index is 736. The van der Waals surface area contributed by atoms with Crippen LogP contribution in [0.3, 0.4) is 0 Å². The van der Waals surface area contributed by atoms with Crippen molar-refractivity contribution >= 4 is 25.4 Å². The van der Waals surface area contributed by atoms with E-state index in [1.165, 1.54) is 17.8 Å². The quantitative estimate of drug-likeness (QED) is 0.807. The second-order valence-electron chi connectivity index (χ2n) is 5.11. The molecule has 0 saturated carbocycles. The van der Waals surface area contributed by atoms with Gasteiger partial charge < -0.3 is 9.64 Å². The van der Waals surface area contributed by atoms with Gasteiger partial charge in [0.25, 0.3) is 9.05 Å². The number of anilines is 1. The minimum Gasteiger partial charge on any atom is -0.378 e. The Morgan fingerprint density at radius 1 is 0.864 bits per heavy atom. The summed E-state index contributed by atoms with van der Waals surface area (Å²) in [5.74, 6) is 0. The summed E-state index contributed by atoms with van der Waals surface area (Å²) in [5.41, 5.74) is 3.17. The molecule has 22 heavy (non-hydrogen) atoms. The SMILES string of the molecule is O=S(=O)(Cl)c1ccc(-c2ccc(N3CCOCC3)cc2)cc1. The zero-order valence-electron chi connectivity index (χ0n) is 11.9. The van der Waals surface area contributed by atoms with Crippen LogP contribution in [0.2, 0.25) is 0 Å². The first-order valence-electron chi connectivity index (χ1n) is 7.02. The fraction of sp³-hybridized carbons (Fsp3) is 0.250. The molecule has 1 aliphatic rings. The van der Waals surface area contributed by atoms with Crippen LogP contribution in [0.5, 0.6) is 0 Å². The summed E-state index contributed by atoms with van der Waals surface area (Å²) in [6.07, 6.45) is 0. The predicted octanol–water partition coefficient (Wildman–Crippen LogP) is 3.12. The van der Waals surface area contributed by atoms with Gasteiger partial charge in [-0.3, -0.25) is 0 Å². The van der Waals surface area contributed by atoms with Crippen molar-refractivity contribution in [3.05, 3.63) is 48.5 Å². The number of ether oxygens (including phenoxy) is 1. The first-order chi connectivity index (χ1) is 10.5. The van der Waals surface area contributed by atoms with Crippen molar-refractivity contribution in [2.24, 2.45) is 0 Å². The molecular formula is C16H16ClNO3S. The van der Waals surface area contributed by atoms with Gasteiger partial charge in [-0.1, -0.05) is 24.3 Å². The van der Waals surface area contributed by atoms with Crippen LogP contribution in [-0.4, -0.2) is 34.7 Å². The molecule has 1 heterocycles. The zero-order chi connectivity index (χ0) is 15.6. The Morgan fingerprint density at radius 3 is 1.86 bits per heavy atom. The molecule has 1 saturated heterocycles. The van der Waals surface area contributed by atoms with Crippen LogP contribution >= 0.6 is 10.7 Å². The van der Waals surface area contributed by atoms with Crippen LogP contribution in [0.25, 0.3) is 11.1 Å². The Morgan fingerprint density at radius 2 is 1.36 bits per heavy atom. The highest BCUT2D eigenvalue weighted by molar-refractivity contribution is 8.13. The van der Waals surface area contributed by atoms with Crippen LogP contribution in [0.1, 0.15) is 0 Å². The maximum Gasteiger partial charge on any atom is 0.261 e. The molecule has 1 fully saturated rings. The summed E-state index contributed by atoms with van der Waals surface area (Å²) in [7, 11) is 1.65. The van der Waals surface area contributed by atoms with Gasteiger partial charge in [0.05, 0.1) is 18.1 Å². The largest absolute Gasteiger partial charge is 0.378 e. The molecule has 0 N–H and O–H groups in total. The summed E-state index contributed by atoms with van der Waals surface area (Å²) >= 11 is 0. The van der Waals surface area contributed by atoms with Crippen LogP contribution < -0.4 is 4.90 Å². The zero-order valence-corrected chi connectivity index (χ0v) is 13.5. The smallest absolute Gasteiger partial charge is 0.261 e. The van der Waals surface area contributed by atoms with E-state index >= 15 is 0 Å². The molecule has 1 aliphatic heterocycles. The summed E-state index contributed by atoms with van der Waals surface area (Å²) in [6, 6.07) is 14.8. The molecule has 0 amide bonds. The number of halogens is 1. The fourth-order valence-corrected chi connectivity index (χ4v) is 3.27. The van der Waals surface area contributed by atoms with E-state index in [9.17, 15) is 8.42 Å². The first-order valence-corrected chi connectivity index (χ1v) is 9.33. The molecule has 3 rings (SSSR count). The lowest BCUT2D eigenvalue weighted by molar-refractivity contribution is 0.122. The highest BCUT2D eigenvalue weighted by atomic mass is 35.7. The van der Waals surface area contributed by atoms with Crippen molar-refractivity contribution in [2.45, 2.75) is 4.90 Å². The van der Waals surface area contributed by atoms with Crippen LogP contribution in [0.15, 0.2) is 53.4 Å². The topological polar surface area (TPSA) is 46.6 Å². The Labute approximate surface area is 134 Å². The number of rotatable bonds is 3. The molecule has 0 aromatic heterocycles. The molecule has 4 nitrogen and oxygen atoms in total. The molecule has 0 spiro atoms. The van der Waals surface area contributed by atoms with E-state index in [4.69, 9.17) is 15.4 Å². The number of nitrogens with zero attached hydrogens (tertiary/aromatic N) is 1. The molecule has 6 heteroatoms.